The maximum Gasteiger partial charge on any atom is 0.150 e. The number of hydrogen-bond donors (Lipinski definition) is 1. The summed E-state index contributed by atoms with van der Waals surface area (Å²) in [6, 6.07) is 4.09. The van der Waals surface area contributed by atoms with Crippen molar-refractivity contribution >= 4 is 28.7 Å². The fraction of sp³-hybridized carbons (Fsp3) is 0.316. The number of rotatable bonds is 3. The van der Waals surface area contributed by atoms with Crippen molar-refractivity contribution in [3.05, 3.63) is 47.7 Å². The van der Waals surface area contributed by atoms with Gasteiger partial charge in [0.25, 0.3) is 0 Å². The van der Waals surface area contributed by atoms with Gasteiger partial charge in [-0.1, -0.05) is 0 Å². The number of anilines is 1. The Bertz CT molecular complexity index is 910. The second-order valence-electron chi connectivity index (χ2n) is 6.34. The number of nitrogens with zero attached hydrogens (tertiary/aromatic N) is 4. The lowest BCUT2D eigenvalue weighted by molar-refractivity contribution is -0.0367. The maximum atomic E-state index is 6.14. The van der Waals surface area contributed by atoms with Crippen molar-refractivity contribution < 1.29 is 4.74 Å². The molecule has 0 amide bonds. The highest BCUT2D eigenvalue weighted by Crippen LogP contribution is 2.31. The maximum absolute atomic E-state index is 6.14. The summed E-state index contributed by atoms with van der Waals surface area (Å²) in [5.41, 5.74) is 10.7. The smallest absolute Gasteiger partial charge is 0.150 e. The minimum absolute atomic E-state index is 0.0158. The molecule has 128 valence electrons. The molecule has 1 aliphatic heterocycles. The molecule has 0 aliphatic carbocycles. The van der Waals surface area contributed by atoms with Crippen LogP contribution in [0.3, 0.4) is 0 Å². The molecular formula is C19H21N5O. The normalized spacial score (nSPS) is 18.2. The van der Waals surface area contributed by atoms with Gasteiger partial charge in [0.2, 0.25) is 0 Å². The monoisotopic (exact) mass is 335 g/mol. The minimum atomic E-state index is -0.0158. The molecule has 0 bridgehead atoms. The van der Waals surface area contributed by atoms with Crippen LogP contribution < -0.4 is 5.73 Å². The Morgan fingerprint density at radius 2 is 2.16 bits per heavy atom. The Kier molecular flexibility index (Phi) is 4.19. The number of nitrogens with two attached hydrogens (primary N) is 1. The zero-order chi connectivity index (χ0) is 17.2. The van der Waals surface area contributed by atoms with E-state index in [2.05, 4.69) is 16.0 Å². The lowest BCUT2D eigenvalue weighted by atomic mass is 10.1. The molecule has 1 fully saturated rings. The molecule has 25 heavy (non-hydrogen) atoms. The molecule has 1 saturated heterocycles. The van der Waals surface area contributed by atoms with Gasteiger partial charge < -0.3 is 10.5 Å². The van der Waals surface area contributed by atoms with E-state index in [4.69, 9.17) is 15.6 Å². The third kappa shape index (κ3) is 3.13. The van der Waals surface area contributed by atoms with Crippen molar-refractivity contribution in [2.24, 2.45) is 0 Å². The average Bonchev–Trinajstić information content (AvgIpc) is 2.99. The summed E-state index contributed by atoms with van der Waals surface area (Å²) in [6.45, 7) is 2.80. The molecule has 0 saturated carbocycles. The van der Waals surface area contributed by atoms with E-state index in [1.807, 2.05) is 29.8 Å². The van der Waals surface area contributed by atoms with Crippen LogP contribution in [-0.4, -0.2) is 26.4 Å². The summed E-state index contributed by atoms with van der Waals surface area (Å²) < 4.78 is 7.94. The van der Waals surface area contributed by atoms with Gasteiger partial charge in [0, 0.05) is 30.1 Å². The fourth-order valence-electron chi connectivity index (χ4n) is 3.15. The quantitative estimate of drug-likeness (QED) is 0.740. The molecule has 0 spiro atoms. The molecule has 3 heterocycles. The van der Waals surface area contributed by atoms with Crippen LogP contribution in [0, 0.1) is 6.92 Å². The van der Waals surface area contributed by atoms with Crippen molar-refractivity contribution in [2.75, 3.05) is 12.3 Å². The second kappa shape index (κ2) is 6.64. The first kappa shape index (κ1) is 15.8. The summed E-state index contributed by atoms with van der Waals surface area (Å²) in [6.07, 6.45) is 12.2. The lowest BCUT2D eigenvalue weighted by Gasteiger charge is -2.23. The Morgan fingerprint density at radius 3 is 2.92 bits per heavy atom. The van der Waals surface area contributed by atoms with Crippen molar-refractivity contribution in [3.63, 3.8) is 0 Å². The van der Waals surface area contributed by atoms with E-state index < -0.39 is 0 Å². The zero-order valence-electron chi connectivity index (χ0n) is 14.2. The first-order valence-corrected chi connectivity index (χ1v) is 8.56. The molecule has 6 nitrogen and oxygen atoms in total. The number of nitrogen functional groups attached to an aromatic ring is 1. The highest BCUT2D eigenvalue weighted by atomic mass is 16.5. The highest BCUT2D eigenvalue weighted by molar-refractivity contribution is 5.92. The summed E-state index contributed by atoms with van der Waals surface area (Å²) in [5, 5.41) is 5.84. The van der Waals surface area contributed by atoms with Gasteiger partial charge in [0.15, 0.2) is 6.23 Å². The van der Waals surface area contributed by atoms with Gasteiger partial charge in [-0.3, -0.25) is 9.97 Å². The Labute approximate surface area is 146 Å². The molecule has 6 heteroatoms. The number of aromatic nitrogens is 4. The average molecular weight is 335 g/mol. The van der Waals surface area contributed by atoms with E-state index in [-0.39, 0.29) is 6.23 Å². The first-order valence-electron chi connectivity index (χ1n) is 8.56. The molecule has 1 aromatic carbocycles. The third-order valence-electron chi connectivity index (χ3n) is 4.55. The molecule has 2 N–H and O–H groups in total. The Hall–Kier alpha value is -2.73. The van der Waals surface area contributed by atoms with Gasteiger partial charge in [-0.05, 0) is 56.0 Å². The van der Waals surface area contributed by atoms with E-state index in [0.29, 0.717) is 0 Å². The number of ether oxygens (including phenoxy) is 1. The number of benzene rings is 1. The summed E-state index contributed by atoms with van der Waals surface area (Å²) >= 11 is 0. The molecule has 0 radical (unpaired) electrons. The molecule has 1 atom stereocenters. The molecule has 3 aromatic rings. The number of aryl methyl sites for hydroxylation is 1. The van der Waals surface area contributed by atoms with Gasteiger partial charge in [-0.15, -0.1) is 0 Å². The van der Waals surface area contributed by atoms with Gasteiger partial charge in [-0.2, -0.15) is 5.10 Å². The molecule has 4 rings (SSSR count). The molecule has 1 unspecified atom stereocenters. The van der Waals surface area contributed by atoms with Crippen LogP contribution >= 0.6 is 0 Å². The topological polar surface area (TPSA) is 78.9 Å². The zero-order valence-corrected chi connectivity index (χ0v) is 14.2. The lowest BCUT2D eigenvalue weighted by Crippen LogP contribution is -2.19. The fourth-order valence-corrected chi connectivity index (χ4v) is 3.15. The van der Waals surface area contributed by atoms with Crippen LogP contribution in [-0.2, 0) is 4.74 Å². The van der Waals surface area contributed by atoms with Crippen LogP contribution in [0.5, 0.6) is 0 Å². The van der Waals surface area contributed by atoms with E-state index >= 15 is 0 Å². The Balaban J connectivity index is 1.80. The third-order valence-corrected chi connectivity index (χ3v) is 4.55. The number of hydrogen-bond acceptors (Lipinski definition) is 5. The Morgan fingerprint density at radius 1 is 1.24 bits per heavy atom. The molecular weight excluding hydrogens is 314 g/mol. The number of fused-ring (bicyclic) bond motifs is 1. The van der Waals surface area contributed by atoms with E-state index in [9.17, 15) is 0 Å². The summed E-state index contributed by atoms with van der Waals surface area (Å²) in [7, 11) is 0. The predicted molar refractivity (Wildman–Crippen MR) is 98.7 cm³/mol. The predicted octanol–water partition coefficient (Wildman–Crippen LogP) is 3.59. The van der Waals surface area contributed by atoms with E-state index in [0.717, 1.165) is 59.4 Å². The SMILES string of the molecule is Cc1cc2c(cc1N)c(C=Cc1cnccn1)nn2C1CCCCO1. The van der Waals surface area contributed by atoms with E-state index in [1.165, 1.54) is 0 Å². The molecule has 1 aliphatic rings. The van der Waals surface area contributed by atoms with Crippen LogP contribution in [0.2, 0.25) is 0 Å². The van der Waals surface area contributed by atoms with Gasteiger partial charge in [0.1, 0.15) is 0 Å². The van der Waals surface area contributed by atoms with Crippen molar-refractivity contribution in [1.29, 1.82) is 0 Å². The first-order chi connectivity index (χ1) is 12.2. The highest BCUT2D eigenvalue weighted by Gasteiger charge is 2.21. The van der Waals surface area contributed by atoms with Crippen LogP contribution in [0.25, 0.3) is 23.1 Å². The summed E-state index contributed by atoms with van der Waals surface area (Å²) in [5.74, 6) is 0. The minimum Gasteiger partial charge on any atom is -0.398 e. The largest absolute Gasteiger partial charge is 0.398 e. The van der Waals surface area contributed by atoms with Gasteiger partial charge in [-0.25, -0.2) is 4.68 Å². The van der Waals surface area contributed by atoms with Crippen LogP contribution in [0.15, 0.2) is 30.7 Å². The van der Waals surface area contributed by atoms with Gasteiger partial charge >= 0.3 is 0 Å². The second-order valence-corrected chi connectivity index (χ2v) is 6.34. The van der Waals surface area contributed by atoms with Crippen molar-refractivity contribution in [2.45, 2.75) is 32.4 Å². The van der Waals surface area contributed by atoms with E-state index in [1.54, 1.807) is 18.6 Å². The van der Waals surface area contributed by atoms with Crippen molar-refractivity contribution in [1.82, 2.24) is 19.7 Å². The van der Waals surface area contributed by atoms with Crippen LogP contribution in [0.4, 0.5) is 5.69 Å². The van der Waals surface area contributed by atoms with Gasteiger partial charge in [0.05, 0.1) is 23.1 Å². The van der Waals surface area contributed by atoms with Crippen LogP contribution in [0.1, 0.15) is 42.4 Å². The van der Waals surface area contributed by atoms with Crippen molar-refractivity contribution in [3.8, 4) is 0 Å². The standard InChI is InChI=1S/C19H21N5O/c1-13-10-18-15(11-16(13)20)17(6-5-14-12-21-7-8-22-14)23-24(18)19-4-2-3-9-25-19/h5-8,10-12,19H,2-4,9,20H2,1H3. The summed E-state index contributed by atoms with van der Waals surface area (Å²) in [4.78, 5) is 8.35. The molecule has 2 aromatic heterocycles.